The van der Waals surface area contributed by atoms with Crippen molar-refractivity contribution in [1.29, 1.82) is 0 Å². The van der Waals surface area contributed by atoms with Crippen molar-refractivity contribution in [2.75, 3.05) is 17.2 Å². The molecule has 2 atom stereocenters. The van der Waals surface area contributed by atoms with Crippen molar-refractivity contribution < 1.29 is 4.79 Å². The number of nitrogens with zero attached hydrogens (tertiary/aromatic N) is 3. The highest BCUT2D eigenvalue weighted by Gasteiger charge is 2.31. The van der Waals surface area contributed by atoms with Crippen LogP contribution in [0.15, 0.2) is 6.20 Å². The molecule has 0 bridgehead atoms. The Morgan fingerprint density at radius 3 is 3.18 bits per heavy atom. The van der Waals surface area contributed by atoms with E-state index in [9.17, 15) is 4.79 Å². The topological polar surface area (TPSA) is 46.1 Å². The molecule has 0 spiro atoms. The first-order valence-electron chi connectivity index (χ1n) is 7.73. The molecule has 0 aromatic carbocycles. The van der Waals surface area contributed by atoms with E-state index in [4.69, 9.17) is 4.98 Å². The van der Waals surface area contributed by atoms with Gasteiger partial charge in [-0.15, -0.1) is 23.1 Å². The number of aryl methyl sites for hydroxylation is 2. The molecule has 4 nitrogen and oxygen atoms in total. The van der Waals surface area contributed by atoms with Crippen molar-refractivity contribution in [1.82, 2.24) is 9.73 Å². The summed E-state index contributed by atoms with van der Waals surface area (Å²) in [6, 6.07) is 0. The standard InChI is InChI=1S/C15H18N3OPS2/c1-2-18(14(19)12-4-3-7-21-12)15-17-13-9-8-16-20-10(9)5-6-11(13)22-15/h8,12,20H,2-7H2,1H3. The van der Waals surface area contributed by atoms with Crippen molar-refractivity contribution >= 4 is 42.5 Å². The summed E-state index contributed by atoms with van der Waals surface area (Å²) in [5.74, 6) is 1.35. The maximum absolute atomic E-state index is 12.8. The summed E-state index contributed by atoms with van der Waals surface area (Å²) in [7, 11) is 0.584. The summed E-state index contributed by atoms with van der Waals surface area (Å²) in [5, 5.41) is 2.44. The molecule has 1 saturated heterocycles. The normalized spacial score (nSPS) is 20.1. The second-order valence-electron chi connectivity index (χ2n) is 5.61. The average Bonchev–Trinajstić information content (AvgIpc) is 3.26. The Labute approximate surface area is 139 Å². The second-order valence-corrected chi connectivity index (χ2v) is 9.07. The van der Waals surface area contributed by atoms with E-state index in [0.29, 0.717) is 14.9 Å². The lowest BCUT2D eigenvalue weighted by molar-refractivity contribution is -0.118. The number of hydrogen-bond donors (Lipinski definition) is 0. The number of aromatic nitrogens is 2. The quantitative estimate of drug-likeness (QED) is 0.848. The number of fused-ring (bicyclic) bond motifs is 3. The van der Waals surface area contributed by atoms with Gasteiger partial charge in [0.2, 0.25) is 5.91 Å². The van der Waals surface area contributed by atoms with Crippen molar-refractivity contribution in [3.05, 3.63) is 16.4 Å². The van der Waals surface area contributed by atoms with Crippen LogP contribution in [-0.2, 0) is 17.6 Å². The maximum Gasteiger partial charge on any atom is 0.241 e. The van der Waals surface area contributed by atoms with E-state index in [1.54, 1.807) is 23.1 Å². The van der Waals surface area contributed by atoms with Gasteiger partial charge in [0.05, 0.1) is 10.9 Å². The molecule has 4 rings (SSSR count). The summed E-state index contributed by atoms with van der Waals surface area (Å²) in [6.45, 7) is 2.74. The number of thioether (sulfide) groups is 1. The minimum Gasteiger partial charge on any atom is -0.287 e. The van der Waals surface area contributed by atoms with Crippen LogP contribution < -0.4 is 4.90 Å². The van der Waals surface area contributed by atoms with Gasteiger partial charge >= 0.3 is 0 Å². The lowest BCUT2D eigenvalue weighted by Crippen LogP contribution is -2.36. The maximum atomic E-state index is 12.8. The molecular formula is C15H18N3OPS2. The van der Waals surface area contributed by atoms with Gasteiger partial charge in [0, 0.05) is 23.2 Å². The van der Waals surface area contributed by atoms with E-state index in [1.807, 2.05) is 18.0 Å². The summed E-state index contributed by atoms with van der Waals surface area (Å²) in [4.78, 5) is 20.8. The van der Waals surface area contributed by atoms with Crippen LogP contribution in [0.5, 0.6) is 0 Å². The zero-order valence-corrected chi connectivity index (χ0v) is 15.1. The molecule has 1 fully saturated rings. The van der Waals surface area contributed by atoms with Crippen molar-refractivity contribution in [2.24, 2.45) is 0 Å². The van der Waals surface area contributed by atoms with E-state index < -0.39 is 0 Å². The van der Waals surface area contributed by atoms with E-state index >= 15 is 0 Å². The first-order chi connectivity index (χ1) is 10.8. The monoisotopic (exact) mass is 351 g/mol. The molecule has 2 aromatic rings. The third-order valence-corrected chi connectivity index (χ3v) is 7.83. The molecule has 0 saturated carbocycles. The predicted octanol–water partition coefficient (Wildman–Crippen LogP) is 3.58. The Kier molecular flexibility index (Phi) is 4.01. The third kappa shape index (κ3) is 2.41. The minimum atomic E-state index is 0.130. The van der Waals surface area contributed by atoms with Gasteiger partial charge in [0.15, 0.2) is 5.13 Å². The first kappa shape index (κ1) is 14.7. The number of carbonyl (C=O) groups excluding carboxylic acids is 1. The van der Waals surface area contributed by atoms with Gasteiger partial charge in [-0.3, -0.25) is 9.69 Å². The molecule has 1 aliphatic carbocycles. The fraction of sp³-hybridized carbons (Fsp3) is 0.533. The molecule has 2 aromatic heterocycles. The number of carbonyl (C=O) groups is 1. The smallest absolute Gasteiger partial charge is 0.241 e. The Balaban J connectivity index is 1.66. The van der Waals surface area contributed by atoms with Gasteiger partial charge in [-0.25, -0.2) is 9.73 Å². The molecule has 7 heteroatoms. The second kappa shape index (κ2) is 5.99. The van der Waals surface area contributed by atoms with Gasteiger partial charge in [-0.2, -0.15) is 0 Å². The Morgan fingerprint density at radius 2 is 2.41 bits per heavy atom. The number of thiazole rings is 1. The third-order valence-electron chi connectivity index (χ3n) is 4.28. The summed E-state index contributed by atoms with van der Waals surface area (Å²) in [5.41, 5.74) is 2.31. The van der Waals surface area contributed by atoms with Crippen molar-refractivity contribution in [3.8, 4) is 11.3 Å². The van der Waals surface area contributed by atoms with Crippen LogP contribution in [0.2, 0.25) is 0 Å². The highest BCUT2D eigenvalue weighted by Crippen LogP contribution is 2.42. The van der Waals surface area contributed by atoms with E-state index in [-0.39, 0.29) is 11.2 Å². The van der Waals surface area contributed by atoms with Crippen LogP contribution >= 0.6 is 31.4 Å². The SMILES string of the molecule is CCN(C(=O)C1CCCS1)c1nc2c(s1)CCc1[pH]ncc1-2. The highest BCUT2D eigenvalue weighted by molar-refractivity contribution is 8.00. The highest BCUT2D eigenvalue weighted by atomic mass is 32.2. The number of anilines is 1. The van der Waals surface area contributed by atoms with Crippen LogP contribution in [0.25, 0.3) is 11.3 Å². The van der Waals surface area contributed by atoms with E-state index in [1.165, 1.54) is 15.7 Å². The molecule has 2 unspecified atom stereocenters. The molecule has 22 heavy (non-hydrogen) atoms. The van der Waals surface area contributed by atoms with Gasteiger partial charge in [0.1, 0.15) is 0 Å². The molecule has 1 amide bonds. The molecule has 0 radical (unpaired) electrons. The van der Waals surface area contributed by atoms with Crippen LogP contribution in [0.1, 0.15) is 29.9 Å². The molecule has 116 valence electrons. The molecular weight excluding hydrogens is 333 g/mol. The molecule has 0 N–H and O–H groups in total. The minimum absolute atomic E-state index is 0.130. The largest absolute Gasteiger partial charge is 0.287 e. The van der Waals surface area contributed by atoms with Gasteiger partial charge in [-0.1, -0.05) is 0 Å². The Bertz CT molecular complexity index is 705. The predicted molar refractivity (Wildman–Crippen MR) is 95.8 cm³/mol. The first-order valence-corrected chi connectivity index (χ1v) is 10.5. The Morgan fingerprint density at radius 1 is 1.50 bits per heavy atom. The van der Waals surface area contributed by atoms with Crippen molar-refractivity contribution in [2.45, 2.75) is 37.9 Å². The molecule has 2 aliphatic rings. The number of rotatable bonds is 3. The molecule has 1 aliphatic heterocycles. The van der Waals surface area contributed by atoms with Gasteiger partial charge in [0.25, 0.3) is 0 Å². The van der Waals surface area contributed by atoms with E-state index in [0.717, 1.165) is 42.3 Å². The lowest BCUT2D eigenvalue weighted by Gasteiger charge is -2.20. The zero-order chi connectivity index (χ0) is 15.1. The fourth-order valence-corrected chi connectivity index (χ4v) is 6.37. The van der Waals surface area contributed by atoms with Gasteiger partial charge < -0.3 is 0 Å². The number of hydrogen-bond acceptors (Lipinski definition) is 5. The number of amides is 1. The average molecular weight is 351 g/mol. The fourth-order valence-electron chi connectivity index (χ4n) is 3.11. The summed E-state index contributed by atoms with van der Waals surface area (Å²) < 4.78 is 4.41. The van der Waals surface area contributed by atoms with Crippen LogP contribution in [0, 0.1) is 0 Å². The van der Waals surface area contributed by atoms with Gasteiger partial charge in [-0.05, 0) is 52.0 Å². The lowest BCUT2D eigenvalue weighted by atomic mass is 10.0. The zero-order valence-electron chi connectivity index (χ0n) is 12.5. The Hall–Kier alpha value is -0.840. The van der Waals surface area contributed by atoms with Crippen LogP contribution in [0.3, 0.4) is 0 Å². The summed E-state index contributed by atoms with van der Waals surface area (Å²) in [6.07, 6.45) is 6.28. The molecule has 3 heterocycles. The van der Waals surface area contributed by atoms with Crippen LogP contribution in [-0.4, -0.2) is 33.2 Å². The van der Waals surface area contributed by atoms with E-state index in [2.05, 4.69) is 4.75 Å². The van der Waals surface area contributed by atoms with Crippen molar-refractivity contribution in [3.63, 3.8) is 0 Å². The summed E-state index contributed by atoms with van der Waals surface area (Å²) >= 11 is 3.49. The van der Waals surface area contributed by atoms with Crippen LogP contribution in [0.4, 0.5) is 5.13 Å².